The van der Waals surface area contributed by atoms with Gasteiger partial charge in [-0.1, -0.05) is 71.5 Å². The minimum atomic E-state index is -2.53. The summed E-state index contributed by atoms with van der Waals surface area (Å²) in [5, 5.41) is 24.3. The third kappa shape index (κ3) is 8.50. The minimum Gasteiger partial charge on any atom is -0.458 e. The third-order valence-electron chi connectivity index (χ3n) is 9.11. The van der Waals surface area contributed by atoms with Crippen LogP contribution in [-0.2, 0) is 47.7 Å². The van der Waals surface area contributed by atoms with Gasteiger partial charge in [0.15, 0.2) is 24.1 Å². The fourth-order valence-electron chi connectivity index (χ4n) is 6.67. The topological polar surface area (TPSA) is 189 Å². The van der Waals surface area contributed by atoms with Gasteiger partial charge < -0.3 is 33.9 Å². The number of ether oxygens (including phenoxy) is 5. The Bertz CT molecular complexity index is 1530. The van der Waals surface area contributed by atoms with Gasteiger partial charge in [0.1, 0.15) is 23.4 Å². The highest BCUT2D eigenvalue weighted by Gasteiger charge is 2.68. The maximum absolute atomic E-state index is 14.3. The highest BCUT2D eigenvalue weighted by atomic mass is 16.6. The van der Waals surface area contributed by atoms with Gasteiger partial charge in [0.05, 0.1) is 17.4 Å². The molecule has 1 fully saturated rings. The molecule has 13 nitrogen and oxygen atoms in total. The Hall–Kier alpha value is -4.36. The van der Waals surface area contributed by atoms with E-state index < -0.39 is 107 Å². The number of ketones is 1. The lowest BCUT2D eigenvalue weighted by atomic mass is 9.72. The molecule has 1 saturated carbocycles. The molecule has 0 heterocycles. The van der Waals surface area contributed by atoms with Crippen molar-refractivity contribution in [2.75, 3.05) is 0 Å². The Morgan fingerprint density at radius 1 is 0.880 bits per heavy atom. The Kier molecular flexibility index (Phi) is 12.2. The van der Waals surface area contributed by atoms with E-state index in [1.54, 1.807) is 32.0 Å². The van der Waals surface area contributed by atoms with Crippen LogP contribution in [0.3, 0.4) is 0 Å². The van der Waals surface area contributed by atoms with Crippen LogP contribution in [0.25, 0.3) is 0 Å². The van der Waals surface area contributed by atoms with Gasteiger partial charge in [-0.15, -0.1) is 0 Å². The van der Waals surface area contributed by atoms with Crippen LogP contribution < -0.4 is 0 Å². The molecule has 2 N–H and O–H groups in total. The standard InChI is InChI=1S/C37H48O13/c1-19(2)33(43)48-27-21(4)28(49-34(44)25-14-12-11-13-15-25)29(46-22(5)38)32(47-23(6)39)35(8,9)17-16-20(3)30(41)37(45)18-36(10,50-24(7)40)31(42)26(27)37/h11-17,19-20,26-29,31-32,42,45H,4,18H2,1-3,5-10H3/t20-,26-,27-,28-,29?,31+,32+,36+,37+/m0/s1. The van der Waals surface area contributed by atoms with Gasteiger partial charge >= 0.3 is 29.8 Å². The number of allylic oxidation sites excluding steroid dienone is 1. The van der Waals surface area contributed by atoms with Crippen LogP contribution in [-0.4, -0.2) is 87.6 Å². The van der Waals surface area contributed by atoms with Crippen molar-refractivity contribution in [2.24, 2.45) is 23.2 Å². The van der Waals surface area contributed by atoms with E-state index in [1.807, 2.05) is 0 Å². The number of aliphatic hydroxyl groups excluding tert-OH is 1. The van der Waals surface area contributed by atoms with Gasteiger partial charge in [0.2, 0.25) is 0 Å². The second-order valence-electron chi connectivity index (χ2n) is 14.2. The van der Waals surface area contributed by atoms with Gasteiger partial charge in [0, 0.05) is 44.1 Å². The fourth-order valence-corrected chi connectivity index (χ4v) is 6.67. The highest BCUT2D eigenvalue weighted by Crippen LogP contribution is 2.51. The van der Waals surface area contributed by atoms with Crippen molar-refractivity contribution in [3.05, 3.63) is 60.2 Å². The van der Waals surface area contributed by atoms with E-state index in [0.717, 1.165) is 20.8 Å². The molecule has 2 aliphatic rings. The van der Waals surface area contributed by atoms with Crippen molar-refractivity contribution in [1.82, 2.24) is 0 Å². The molecule has 1 unspecified atom stereocenters. The van der Waals surface area contributed by atoms with Crippen LogP contribution in [0.1, 0.15) is 79.1 Å². The number of hydrogen-bond acceptors (Lipinski definition) is 13. The highest BCUT2D eigenvalue weighted by molar-refractivity contribution is 5.92. The van der Waals surface area contributed by atoms with Gasteiger partial charge in [-0.25, -0.2) is 4.79 Å². The number of benzene rings is 1. The van der Waals surface area contributed by atoms with Crippen molar-refractivity contribution < 1.29 is 62.7 Å². The molecule has 13 heteroatoms. The van der Waals surface area contributed by atoms with Crippen molar-refractivity contribution in [3.8, 4) is 0 Å². The predicted octanol–water partition coefficient (Wildman–Crippen LogP) is 3.43. The SMILES string of the molecule is C=C1[C@H](OC(=O)c2ccccc2)C(OC(C)=O)[C@@H](OC(C)=O)C(C)(C)C=C[C@H](C)C(=O)[C@@]2(O)C[C@@](C)(OC(C)=O)[C@H](O)[C@@H]2[C@H]1OC(=O)C(C)C. The summed E-state index contributed by atoms with van der Waals surface area (Å²) in [6.07, 6.45) is -6.19. The zero-order valence-corrected chi connectivity index (χ0v) is 30.0. The molecule has 0 spiro atoms. The number of carbonyl (C=O) groups is 6. The molecule has 0 aromatic heterocycles. The zero-order valence-electron chi connectivity index (χ0n) is 30.0. The molecule has 0 saturated heterocycles. The molecule has 0 amide bonds. The summed E-state index contributed by atoms with van der Waals surface area (Å²) in [4.78, 5) is 79.0. The van der Waals surface area contributed by atoms with E-state index >= 15 is 0 Å². The van der Waals surface area contributed by atoms with Crippen molar-refractivity contribution >= 4 is 35.6 Å². The van der Waals surface area contributed by atoms with E-state index in [0.29, 0.717) is 0 Å². The number of Topliss-reactive ketones (excluding diaryl/α,β-unsaturated/α-hetero) is 1. The first kappa shape index (κ1) is 40.1. The lowest BCUT2D eigenvalue weighted by Gasteiger charge is -2.43. The molecule has 3 rings (SSSR count). The predicted molar refractivity (Wildman–Crippen MR) is 177 cm³/mol. The van der Waals surface area contributed by atoms with Crippen molar-refractivity contribution in [1.29, 1.82) is 0 Å². The second-order valence-corrected chi connectivity index (χ2v) is 14.2. The maximum Gasteiger partial charge on any atom is 0.338 e. The minimum absolute atomic E-state index is 0.0655. The first-order chi connectivity index (χ1) is 23.1. The zero-order chi connectivity index (χ0) is 37.9. The summed E-state index contributed by atoms with van der Waals surface area (Å²) in [6, 6.07) is 7.74. The van der Waals surface area contributed by atoms with E-state index in [4.69, 9.17) is 23.7 Å². The number of aliphatic hydroxyl groups is 2. The molecule has 1 aromatic carbocycles. The number of fused-ring (bicyclic) bond motifs is 1. The summed E-state index contributed by atoms with van der Waals surface area (Å²) in [5.41, 5.74) is -5.93. The molecular weight excluding hydrogens is 652 g/mol. The molecular formula is C37H48O13. The summed E-state index contributed by atoms with van der Waals surface area (Å²) in [6.45, 7) is 16.5. The van der Waals surface area contributed by atoms with Gasteiger partial charge in [0.25, 0.3) is 0 Å². The second kappa shape index (κ2) is 15.3. The lowest BCUT2D eigenvalue weighted by molar-refractivity contribution is -0.186. The van der Waals surface area contributed by atoms with E-state index in [9.17, 15) is 39.0 Å². The average Bonchev–Trinajstić information content (AvgIpc) is 3.21. The first-order valence-electron chi connectivity index (χ1n) is 16.4. The number of rotatable bonds is 7. The summed E-state index contributed by atoms with van der Waals surface area (Å²) < 4.78 is 29.0. The Morgan fingerprint density at radius 2 is 1.46 bits per heavy atom. The smallest absolute Gasteiger partial charge is 0.338 e. The van der Waals surface area contributed by atoms with Gasteiger partial charge in [-0.3, -0.25) is 24.0 Å². The summed E-state index contributed by atoms with van der Waals surface area (Å²) in [5.74, 6) is -8.71. The summed E-state index contributed by atoms with van der Waals surface area (Å²) >= 11 is 0. The van der Waals surface area contributed by atoms with E-state index in [1.165, 1.54) is 52.0 Å². The largest absolute Gasteiger partial charge is 0.458 e. The van der Waals surface area contributed by atoms with Crippen molar-refractivity contribution in [3.63, 3.8) is 0 Å². The van der Waals surface area contributed by atoms with Gasteiger partial charge in [-0.05, 0) is 19.1 Å². The van der Waals surface area contributed by atoms with Crippen LogP contribution in [0.15, 0.2) is 54.6 Å². The lowest BCUT2D eigenvalue weighted by Crippen LogP contribution is -2.58. The van der Waals surface area contributed by atoms with Gasteiger partial charge in [-0.2, -0.15) is 0 Å². The molecule has 274 valence electrons. The molecule has 1 aromatic rings. The maximum atomic E-state index is 14.3. The van der Waals surface area contributed by atoms with Crippen LogP contribution in [0, 0.1) is 23.2 Å². The van der Waals surface area contributed by atoms with Crippen LogP contribution >= 0.6 is 0 Å². The molecule has 2 aliphatic carbocycles. The first-order valence-corrected chi connectivity index (χ1v) is 16.4. The Balaban J connectivity index is 2.47. The number of esters is 5. The van der Waals surface area contributed by atoms with E-state index in [2.05, 4.69) is 6.58 Å². The molecule has 0 radical (unpaired) electrons. The van der Waals surface area contributed by atoms with Crippen LogP contribution in [0.2, 0.25) is 0 Å². The number of carbonyl (C=O) groups excluding carboxylic acids is 6. The molecule has 0 aliphatic heterocycles. The fraction of sp³-hybridized carbons (Fsp3) is 0.568. The Morgan fingerprint density at radius 3 is 1.98 bits per heavy atom. The molecule has 50 heavy (non-hydrogen) atoms. The third-order valence-corrected chi connectivity index (χ3v) is 9.11. The molecule has 0 bridgehead atoms. The van der Waals surface area contributed by atoms with Crippen LogP contribution in [0.4, 0.5) is 0 Å². The monoisotopic (exact) mass is 700 g/mol. The normalized spacial score (nSPS) is 32.5. The number of hydrogen-bond donors (Lipinski definition) is 2. The van der Waals surface area contributed by atoms with E-state index in [-0.39, 0.29) is 11.1 Å². The molecule has 9 atom stereocenters. The van der Waals surface area contributed by atoms with Crippen LogP contribution in [0.5, 0.6) is 0 Å². The van der Waals surface area contributed by atoms with Crippen molar-refractivity contribution in [2.45, 2.75) is 110 Å². The quantitative estimate of drug-likeness (QED) is 0.239. The summed E-state index contributed by atoms with van der Waals surface area (Å²) in [7, 11) is 0. The Labute approximate surface area is 291 Å². The average molecular weight is 701 g/mol.